The number of benzene rings is 1. The molecule has 2 fully saturated rings. The zero-order chi connectivity index (χ0) is 28.8. The number of piperidine rings is 1. The first-order chi connectivity index (χ1) is 19.2. The molecular formula is C33H44N4O3. The van der Waals surface area contributed by atoms with Gasteiger partial charge in [0.25, 0.3) is 11.5 Å². The summed E-state index contributed by atoms with van der Waals surface area (Å²) in [5.41, 5.74) is 5.52. The monoisotopic (exact) mass is 544 g/mol. The maximum absolute atomic E-state index is 13.6. The SMILES string of the molecule is CCN(c1cc(C#CC2CCN(C(C)=O)CC2)cc(C(=O)NCc2c(C)cc(C)[nH]c2=O)c1C)C1CCCCC1. The lowest BCUT2D eigenvalue weighted by Gasteiger charge is -2.37. The average molecular weight is 545 g/mol. The molecule has 7 nitrogen and oxygen atoms in total. The zero-order valence-corrected chi connectivity index (χ0v) is 24.8. The van der Waals surface area contributed by atoms with Crippen LogP contribution in [0.4, 0.5) is 5.69 Å². The first-order valence-corrected chi connectivity index (χ1v) is 14.8. The Kier molecular flexibility index (Phi) is 9.73. The fourth-order valence-corrected chi connectivity index (χ4v) is 6.21. The van der Waals surface area contributed by atoms with E-state index in [0.717, 1.165) is 73.4 Å². The van der Waals surface area contributed by atoms with Crippen LogP contribution in [0.5, 0.6) is 0 Å². The van der Waals surface area contributed by atoms with Crippen molar-refractivity contribution in [2.24, 2.45) is 5.92 Å². The molecule has 2 aromatic rings. The second-order valence-corrected chi connectivity index (χ2v) is 11.4. The Hall–Kier alpha value is -3.53. The highest BCUT2D eigenvalue weighted by Crippen LogP contribution is 2.32. The second kappa shape index (κ2) is 13.2. The van der Waals surface area contributed by atoms with Gasteiger partial charge in [0, 0.05) is 73.1 Å². The van der Waals surface area contributed by atoms with Crippen LogP contribution in [0.25, 0.3) is 0 Å². The van der Waals surface area contributed by atoms with Gasteiger partial charge in [0.15, 0.2) is 0 Å². The molecule has 2 aliphatic rings. The molecule has 0 spiro atoms. The maximum Gasteiger partial charge on any atom is 0.253 e. The van der Waals surface area contributed by atoms with Gasteiger partial charge < -0.3 is 20.1 Å². The van der Waals surface area contributed by atoms with Crippen molar-refractivity contribution in [2.75, 3.05) is 24.5 Å². The number of aromatic nitrogens is 1. The number of rotatable bonds is 6. The summed E-state index contributed by atoms with van der Waals surface area (Å²) in [6.07, 6.45) is 7.81. The number of anilines is 1. The third-order valence-corrected chi connectivity index (χ3v) is 8.57. The van der Waals surface area contributed by atoms with Crippen LogP contribution in [0.1, 0.15) is 97.1 Å². The standard InChI is InChI=1S/C33H44N4O3/c1-6-37(28-10-8-7-9-11-28)31-20-27(13-12-26-14-16-36(17-15-26)25(5)38)19-29(24(31)4)32(39)34-21-30-22(2)18-23(3)35-33(30)40/h18-20,26,28H,6-11,14-17,21H2,1-5H3,(H,34,39)(H,35,40). The molecule has 2 N–H and O–H groups in total. The van der Waals surface area contributed by atoms with Gasteiger partial charge in [0.05, 0.1) is 0 Å². The predicted molar refractivity (Wildman–Crippen MR) is 161 cm³/mol. The summed E-state index contributed by atoms with van der Waals surface area (Å²) in [7, 11) is 0. The quantitative estimate of drug-likeness (QED) is 0.502. The van der Waals surface area contributed by atoms with Gasteiger partial charge in [-0.05, 0) is 82.7 Å². The number of amides is 2. The van der Waals surface area contributed by atoms with Crippen molar-refractivity contribution in [3.63, 3.8) is 0 Å². The molecule has 1 aliphatic carbocycles. The van der Waals surface area contributed by atoms with E-state index in [4.69, 9.17) is 0 Å². The molecule has 1 aromatic heterocycles. The van der Waals surface area contributed by atoms with Gasteiger partial charge in [-0.15, -0.1) is 0 Å². The van der Waals surface area contributed by atoms with Crippen LogP contribution in [0, 0.1) is 38.5 Å². The molecule has 40 heavy (non-hydrogen) atoms. The number of nitrogens with one attached hydrogen (secondary N) is 2. The number of hydrogen-bond acceptors (Lipinski definition) is 4. The molecule has 0 unspecified atom stereocenters. The normalized spacial score (nSPS) is 16.3. The topological polar surface area (TPSA) is 85.5 Å². The molecule has 7 heteroatoms. The fraction of sp³-hybridized carbons (Fsp3) is 0.545. The van der Waals surface area contributed by atoms with Gasteiger partial charge in [0.1, 0.15) is 0 Å². The molecule has 0 atom stereocenters. The first-order valence-electron chi connectivity index (χ1n) is 14.8. The minimum absolute atomic E-state index is 0.121. The number of hydrogen-bond donors (Lipinski definition) is 2. The minimum Gasteiger partial charge on any atom is -0.369 e. The van der Waals surface area contributed by atoms with Crippen molar-refractivity contribution >= 4 is 17.5 Å². The lowest BCUT2D eigenvalue weighted by Crippen LogP contribution is -2.37. The highest BCUT2D eigenvalue weighted by molar-refractivity contribution is 5.97. The lowest BCUT2D eigenvalue weighted by molar-refractivity contribution is -0.129. The van der Waals surface area contributed by atoms with Gasteiger partial charge in [-0.25, -0.2) is 0 Å². The van der Waals surface area contributed by atoms with E-state index in [-0.39, 0.29) is 29.8 Å². The molecule has 1 saturated carbocycles. The number of carbonyl (C=O) groups is 2. The Balaban J connectivity index is 1.64. The van der Waals surface area contributed by atoms with Crippen LogP contribution in [0.3, 0.4) is 0 Å². The number of carbonyl (C=O) groups excluding carboxylic acids is 2. The minimum atomic E-state index is -0.198. The van der Waals surface area contributed by atoms with Crippen molar-refractivity contribution in [2.45, 2.75) is 92.2 Å². The van der Waals surface area contributed by atoms with E-state index >= 15 is 0 Å². The summed E-state index contributed by atoms with van der Waals surface area (Å²) in [5.74, 6) is 6.98. The van der Waals surface area contributed by atoms with Crippen LogP contribution in [-0.2, 0) is 11.3 Å². The second-order valence-electron chi connectivity index (χ2n) is 11.4. The van der Waals surface area contributed by atoms with Crippen molar-refractivity contribution < 1.29 is 9.59 Å². The summed E-state index contributed by atoms with van der Waals surface area (Å²) in [5, 5.41) is 3.01. The third-order valence-electron chi connectivity index (χ3n) is 8.57. The van der Waals surface area contributed by atoms with E-state index in [1.807, 2.05) is 37.8 Å². The highest BCUT2D eigenvalue weighted by Gasteiger charge is 2.25. The van der Waals surface area contributed by atoms with Crippen molar-refractivity contribution in [3.8, 4) is 11.8 Å². The molecular weight excluding hydrogens is 500 g/mol. The van der Waals surface area contributed by atoms with Gasteiger partial charge in [-0.3, -0.25) is 14.4 Å². The maximum atomic E-state index is 13.6. The first kappa shape index (κ1) is 29.5. The molecule has 2 heterocycles. The van der Waals surface area contributed by atoms with E-state index in [2.05, 4.69) is 40.0 Å². The van der Waals surface area contributed by atoms with Crippen LogP contribution in [-0.4, -0.2) is 47.4 Å². The zero-order valence-electron chi connectivity index (χ0n) is 24.8. The van der Waals surface area contributed by atoms with Crippen molar-refractivity contribution in [1.29, 1.82) is 0 Å². The summed E-state index contributed by atoms with van der Waals surface area (Å²) in [6, 6.07) is 6.43. The third kappa shape index (κ3) is 6.96. The summed E-state index contributed by atoms with van der Waals surface area (Å²) >= 11 is 0. The molecule has 1 saturated heterocycles. The van der Waals surface area contributed by atoms with Gasteiger partial charge in [-0.1, -0.05) is 31.1 Å². The lowest BCUT2D eigenvalue weighted by atomic mass is 9.92. The molecule has 1 aromatic carbocycles. The number of pyridine rings is 1. The van der Waals surface area contributed by atoms with Gasteiger partial charge in [0.2, 0.25) is 5.91 Å². The summed E-state index contributed by atoms with van der Waals surface area (Å²) in [4.78, 5) is 45.0. The van der Waals surface area contributed by atoms with Crippen LogP contribution in [0.2, 0.25) is 0 Å². The Morgan fingerprint density at radius 3 is 2.38 bits per heavy atom. The van der Waals surface area contributed by atoms with E-state index in [1.165, 1.54) is 19.3 Å². The number of nitrogens with zero attached hydrogens (tertiary/aromatic N) is 2. The molecule has 0 bridgehead atoms. The van der Waals surface area contributed by atoms with E-state index in [0.29, 0.717) is 17.2 Å². The predicted octanol–water partition coefficient (Wildman–Crippen LogP) is 5.00. The van der Waals surface area contributed by atoms with Crippen molar-refractivity contribution in [3.05, 3.63) is 62.1 Å². The Labute approximate surface area is 238 Å². The van der Waals surface area contributed by atoms with E-state index < -0.39 is 0 Å². The van der Waals surface area contributed by atoms with E-state index in [1.54, 1.807) is 6.92 Å². The Morgan fingerprint density at radius 2 is 1.75 bits per heavy atom. The van der Waals surface area contributed by atoms with Crippen LogP contribution >= 0.6 is 0 Å². The number of H-pyrrole nitrogens is 1. The average Bonchev–Trinajstić information content (AvgIpc) is 2.93. The van der Waals surface area contributed by atoms with Crippen LogP contribution in [0.15, 0.2) is 23.0 Å². The van der Waals surface area contributed by atoms with Gasteiger partial charge >= 0.3 is 0 Å². The van der Waals surface area contributed by atoms with Gasteiger partial charge in [-0.2, -0.15) is 0 Å². The molecule has 2 amide bonds. The largest absolute Gasteiger partial charge is 0.369 e. The van der Waals surface area contributed by atoms with Crippen LogP contribution < -0.4 is 15.8 Å². The smallest absolute Gasteiger partial charge is 0.253 e. The molecule has 0 radical (unpaired) electrons. The Morgan fingerprint density at radius 1 is 1.05 bits per heavy atom. The number of likely N-dealkylation sites (tertiary alicyclic amines) is 1. The Bertz CT molecular complexity index is 1350. The van der Waals surface area contributed by atoms with E-state index in [9.17, 15) is 14.4 Å². The number of aromatic amines is 1. The molecule has 1 aliphatic heterocycles. The summed E-state index contributed by atoms with van der Waals surface area (Å²) < 4.78 is 0. The highest BCUT2D eigenvalue weighted by atomic mass is 16.2. The summed E-state index contributed by atoms with van der Waals surface area (Å²) in [6.45, 7) is 12.1. The molecule has 214 valence electrons. The van der Waals surface area contributed by atoms with Crippen molar-refractivity contribution in [1.82, 2.24) is 15.2 Å². The number of aryl methyl sites for hydroxylation is 2. The molecule has 4 rings (SSSR count). The fourth-order valence-electron chi connectivity index (χ4n) is 6.21.